The Morgan fingerprint density at radius 2 is 2.00 bits per heavy atom. The van der Waals surface area contributed by atoms with Crippen LogP contribution in [-0.4, -0.2) is 27.6 Å². The molecule has 0 bridgehead atoms. The zero-order valence-electron chi connectivity index (χ0n) is 17.2. The summed E-state index contributed by atoms with van der Waals surface area (Å²) in [5.41, 5.74) is 4.06. The molecule has 4 rings (SSSR count). The minimum Gasteiger partial charge on any atom is -0.508 e. The van der Waals surface area contributed by atoms with Crippen molar-refractivity contribution >= 4 is 28.7 Å². The van der Waals surface area contributed by atoms with Gasteiger partial charge in [-0.1, -0.05) is 12.1 Å². The van der Waals surface area contributed by atoms with Crippen LogP contribution in [0.1, 0.15) is 39.9 Å². The summed E-state index contributed by atoms with van der Waals surface area (Å²) in [6.45, 7) is 1.78. The van der Waals surface area contributed by atoms with Crippen molar-refractivity contribution in [3.63, 3.8) is 0 Å². The molecule has 0 saturated carbocycles. The summed E-state index contributed by atoms with van der Waals surface area (Å²) in [5.74, 6) is -0.292. The van der Waals surface area contributed by atoms with Crippen LogP contribution in [0.15, 0.2) is 42.6 Å². The number of Topliss-reactive ketones (excluding diaryl/α,β-unsaturated/α-hetero) is 1. The van der Waals surface area contributed by atoms with Gasteiger partial charge in [0.05, 0.1) is 16.9 Å². The Morgan fingerprint density at radius 3 is 2.81 bits per heavy atom. The summed E-state index contributed by atoms with van der Waals surface area (Å²) < 4.78 is 14.4. The van der Waals surface area contributed by atoms with Gasteiger partial charge < -0.3 is 20.8 Å². The van der Waals surface area contributed by atoms with Gasteiger partial charge in [-0.25, -0.2) is 9.37 Å². The van der Waals surface area contributed by atoms with Gasteiger partial charge in [0.2, 0.25) is 0 Å². The zero-order chi connectivity index (χ0) is 22.0. The molecule has 0 atom stereocenters. The number of aromatic nitrogens is 1. The number of aromatic hydroxyl groups is 1. The minimum atomic E-state index is -0.523. The topological polar surface area (TPSA) is 94.5 Å². The molecule has 0 amide bonds. The highest BCUT2D eigenvalue weighted by Crippen LogP contribution is 2.35. The third kappa shape index (κ3) is 4.36. The Hall–Kier alpha value is -3.45. The number of carbonyl (C=O) groups is 1. The number of phenolic OH excluding ortho intramolecular Hbond substituents is 1. The predicted octanol–water partition coefficient (Wildman–Crippen LogP) is 4.78. The van der Waals surface area contributed by atoms with Crippen LogP contribution in [0.5, 0.6) is 5.75 Å². The Morgan fingerprint density at radius 1 is 1.16 bits per heavy atom. The van der Waals surface area contributed by atoms with Gasteiger partial charge in [0.25, 0.3) is 0 Å². The number of nitrogens with zero attached hydrogens (tertiary/aromatic N) is 1. The molecule has 1 aliphatic heterocycles. The van der Waals surface area contributed by atoms with Crippen LogP contribution < -0.4 is 10.6 Å². The molecule has 31 heavy (non-hydrogen) atoms. The Balaban J connectivity index is 1.65. The van der Waals surface area contributed by atoms with Crippen molar-refractivity contribution in [2.75, 3.05) is 17.2 Å². The lowest BCUT2D eigenvalue weighted by Gasteiger charge is -2.14. The second-order valence-corrected chi connectivity index (χ2v) is 7.72. The van der Waals surface area contributed by atoms with Gasteiger partial charge in [0.1, 0.15) is 17.4 Å². The summed E-state index contributed by atoms with van der Waals surface area (Å²) in [6.07, 6.45) is 4.17. The molecule has 1 aliphatic rings. The molecule has 6 nitrogen and oxygen atoms in total. The van der Waals surface area contributed by atoms with Crippen LogP contribution in [-0.2, 0) is 12.8 Å². The van der Waals surface area contributed by atoms with E-state index in [0.717, 1.165) is 36.1 Å². The van der Waals surface area contributed by atoms with E-state index in [4.69, 9.17) is 5.11 Å². The standard InChI is InChI=1S/C24H24FN3O3/c1-14-10-17(25)20(13-21(14)30)27-19-7-8-26-24-23(19)22(31)12-16-11-15(4-2-3-9-29)5-6-18(16)28-24/h5-8,10-11,13,29-30H,2-4,9,12H2,1H3,(H2,26,27,28). The Labute approximate surface area is 179 Å². The summed E-state index contributed by atoms with van der Waals surface area (Å²) in [6, 6.07) is 10.1. The summed E-state index contributed by atoms with van der Waals surface area (Å²) in [7, 11) is 0. The van der Waals surface area contributed by atoms with E-state index >= 15 is 0 Å². The number of phenols is 1. The van der Waals surface area contributed by atoms with Crippen LogP contribution in [0.4, 0.5) is 27.3 Å². The molecule has 160 valence electrons. The van der Waals surface area contributed by atoms with Gasteiger partial charge in [-0.2, -0.15) is 0 Å². The smallest absolute Gasteiger partial charge is 0.173 e. The van der Waals surface area contributed by atoms with E-state index in [-0.39, 0.29) is 30.2 Å². The lowest BCUT2D eigenvalue weighted by atomic mass is 9.99. The number of aryl methyl sites for hydroxylation is 2. The maximum absolute atomic E-state index is 14.4. The van der Waals surface area contributed by atoms with E-state index in [1.807, 2.05) is 18.2 Å². The van der Waals surface area contributed by atoms with Gasteiger partial charge in [0, 0.05) is 31.0 Å². The minimum absolute atomic E-state index is 0.0327. The first-order valence-electron chi connectivity index (χ1n) is 10.2. The number of benzene rings is 2. The Bertz CT molecular complexity index is 1150. The van der Waals surface area contributed by atoms with Gasteiger partial charge in [-0.15, -0.1) is 0 Å². The molecule has 3 aromatic rings. The van der Waals surface area contributed by atoms with Crippen molar-refractivity contribution in [2.45, 2.75) is 32.6 Å². The number of nitrogens with one attached hydrogen (secondary N) is 2. The molecule has 0 radical (unpaired) electrons. The lowest BCUT2D eigenvalue weighted by molar-refractivity contribution is 0.0995. The molecule has 0 unspecified atom stereocenters. The monoisotopic (exact) mass is 421 g/mol. The molecular weight excluding hydrogens is 397 g/mol. The molecule has 0 fully saturated rings. The number of ketones is 1. The fraction of sp³-hybridized carbons (Fsp3) is 0.250. The molecule has 0 saturated heterocycles. The highest BCUT2D eigenvalue weighted by molar-refractivity contribution is 6.09. The number of hydrogen-bond acceptors (Lipinski definition) is 6. The second kappa shape index (κ2) is 8.73. The van der Waals surface area contributed by atoms with E-state index in [2.05, 4.69) is 15.6 Å². The average molecular weight is 421 g/mol. The maximum atomic E-state index is 14.4. The third-order valence-corrected chi connectivity index (χ3v) is 5.43. The highest BCUT2D eigenvalue weighted by atomic mass is 19.1. The van der Waals surface area contributed by atoms with Crippen molar-refractivity contribution in [1.82, 2.24) is 4.98 Å². The van der Waals surface area contributed by atoms with Gasteiger partial charge in [0.15, 0.2) is 5.78 Å². The third-order valence-electron chi connectivity index (χ3n) is 5.43. The van der Waals surface area contributed by atoms with Gasteiger partial charge >= 0.3 is 0 Å². The number of aliphatic hydroxyl groups excluding tert-OH is 1. The SMILES string of the molecule is Cc1cc(F)c(Nc2ccnc3c2C(=O)Cc2cc(CCCCO)ccc2N3)cc1O. The number of carbonyl (C=O) groups excluding carboxylic acids is 1. The number of pyridine rings is 1. The number of rotatable bonds is 6. The first-order chi connectivity index (χ1) is 15.0. The molecule has 2 aromatic carbocycles. The van der Waals surface area contributed by atoms with Crippen molar-refractivity contribution in [1.29, 1.82) is 0 Å². The molecule has 7 heteroatoms. The van der Waals surface area contributed by atoms with E-state index in [1.54, 1.807) is 19.2 Å². The summed E-state index contributed by atoms with van der Waals surface area (Å²) >= 11 is 0. The fourth-order valence-corrected chi connectivity index (χ4v) is 3.75. The van der Waals surface area contributed by atoms with E-state index in [1.165, 1.54) is 12.1 Å². The average Bonchev–Trinajstić information content (AvgIpc) is 2.88. The van der Waals surface area contributed by atoms with Gasteiger partial charge in [-0.3, -0.25) is 4.79 Å². The molecule has 2 heterocycles. The number of fused-ring (bicyclic) bond motifs is 2. The lowest BCUT2D eigenvalue weighted by Crippen LogP contribution is -2.08. The van der Waals surface area contributed by atoms with Crippen LogP contribution in [0, 0.1) is 12.7 Å². The largest absolute Gasteiger partial charge is 0.508 e. The molecule has 0 aliphatic carbocycles. The first kappa shape index (κ1) is 20.8. The first-order valence-corrected chi connectivity index (χ1v) is 10.2. The number of unbranched alkanes of at least 4 members (excludes halogenated alkanes) is 1. The molecule has 4 N–H and O–H groups in total. The quantitative estimate of drug-likeness (QED) is 0.428. The van der Waals surface area contributed by atoms with Crippen molar-refractivity contribution in [2.24, 2.45) is 0 Å². The van der Waals surface area contributed by atoms with E-state index in [9.17, 15) is 14.3 Å². The maximum Gasteiger partial charge on any atom is 0.173 e. The van der Waals surface area contributed by atoms with Crippen LogP contribution in [0.25, 0.3) is 0 Å². The summed E-state index contributed by atoms with van der Waals surface area (Å²) in [5, 5.41) is 25.1. The van der Waals surface area contributed by atoms with Crippen molar-refractivity contribution in [3.8, 4) is 5.75 Å². The number of aliphatic hydroxyl groups is 1. The van der Waals surface area contributed by atoms with Crippen LogP contribution >= 0.6 is 0 Å². The second-order valence-electron chi connectivity index (χ2n) is 7.72. The highest BCUT2D eigenvalue weighted by Gasteiger charge is 2.24. The number of halogens is 1. The molecular formula is C24H24FN3O3. The number of hydrogen-bond donors (Lipinski definition) is 4. The van der Waals surface area contributed by atoms with Crippen molar-refractivity contribution < 1.29 is 19.4 Å². The van der Waals surface area contributed by atoms with E-state index < -0.39 is 5.82 Å². The molecule has 1 aromatic heterocycles. The van der Waals surface area contributed by atoms with Crippen molar-refractivity contribution in [3.05, 3.63) is 70.7 Å². The zero-order valence-corrected chi connectivity index (χ0v) is 17.2. The number of anilines is 4. The summed E-state index contributed by atoms with van der Waals surface area (Å²) in [4.78, 5) is 17.5. The Kier molecular flexibility index (Phi) is 5.86. The van der Waals surface area contributed by atoms with Gasteiger partial charge in [-0.05, 0) is 61.1 Å². The van der Waals surface area contributed by atoms with Crippen LogP contribution in [0.3, 0.4) is 0 Å². The normalized spacial score (nSPS) is 12.5. The fourth-order valence-electron chi connectivity index (χ4n) is 3.75. The van der Waals surface area contributed by atoms with Crippen LogP contribution in [0.2, 0.25) is 0 Å². The molecule has 0 spiro atoms. The predicted molar refractivity (Wildman–Crippen MR) is 118 cm³/mol. The van der Waals surface area contributed by atoms with E-state index in [0.29, 0.717) is 22.6 Å².